The summed E-state index contributed by atoms with van der Waals surface area (Å²) in [5, 5.41) is 0. The molecule has 2 aliphatic rings. The van der Waals surface area contributed by atoms with E-state index in [9.17, 15) is 8.42 Å². The van der Waals surface area contributed by atoms with Crippen molar-refractivity contribution in [1.29, 1.82) is 0 Å². The normalized spacial score (nSPS) is 17.9. The Labute approximate surface area is 255 Å². The van der Waals surface area contributed by atoms with Gasteiger partial charge in [-0.25, -0.2) is 13.4 Å². The number of hydrogen-bond donors (Lipinski definition) is 1. The minimum absolute atomic E-state index is 0.204. The fraction of sp³-hybridized carbons (Fsp3) is 0.382. The summed E-state index contributed by atoms with van der Waals surface area (Å²) in [7, 11) is 0.104. The van der Waals surface area contributed by atoms with Crippen LogP contribution in [0.5, 0.6) is 5.75 Å². The van der Waals surface area contributed by atoms with Crippen molar-refractivity contribution in [2.75, 3.05) is 45.1 Å². The SMILES string of the molecule is COc1ccc(-c2cc3c(n2-c2ccc(S(=O)(=O)Nc4cc(C)cc(C)n4)cc2)CCC(N2CCN(C)CC2)C3)cc1C. The van der Waals surface area contributed by atoms with Gasteiger partial charge in [-0.05, 0) is 130 Å². The maximum Gasteiger partial charge on any atom is 0.263 e. The van der Waals surface area contributed by atoms with E-state index in [1.54, 1.807) is 25.3 Å². The molecule has 0 saturated carbocycles. The van der Waals surface area contributed by atoms with E-state index in [0.29, 0.717) is 11.9 Å². The van der Waals surface area contributed by atoms with Crippen molar-refractivity contribution in [1.82, 2.24) is 19.4 Å². The van der Waals surface area contributed by atoms with E-state index in [0.717, 1.165) is 85.0 Å². The van der Waals surface area contributed by atoms with Crippen LogP contribution in [0.3, 0.4) is 0 Å². The van der Waals surface area contributed by atoms with Crippen molar-refractivity contribution in [2.24, 2.45) is 0 Å². The lowest BCUT2D eigenvalue weighted by atomic mass is 9.91. The number of aromatic nitrogens is 2. The topological polar surface area (TPSA) is 79.7 Å². The molecular weight excluding hydrogens is 558 g/mol. The van der Waals surface area contributed by atoms with Crippen LogP contribution < -0.4 is 9.46 Å². The lowest BCUT2D eigenvalue weighted by Gasteiger charge is -2.39. The lowest BCUT2D eigenvalue weighted by Crippen LogP contribution is -2.50. The molecule has 1 N–H and O–H groups in total. The number of nitrogens with one attached hydrogen (secondary N) is 1. The number of piperazine rings is 1. The average molecular weight is 600 g/mol. The second-order valence-corrected chi connectivity index (χ2v) is 13.7. The molecular formula is C34H41N5O3S. The van der Waals surface area contributed by atoms with Crippen molar-refractivity contribution in [3.63, 3.8) is 0 Å². The number of nitrogens with zero attached hydrogens (tertiary/aromatic N) is 4. The molecule has 4 aromatic rings. The highest BCUT2D eigenvalue weighted by Crippen LogP contribution is 2.37. The standard InChI is InChI=1S/C34H41N5O3S/c1-23-18-25(3)35-34(19-23)36-43(40,41)30-10-7-28(8-11-30)39-31-12-9-29(38-16-14-37(4)15-17-38)21-27(31)22-32(39)26-6-13-33(42-5)24(2)20-26/h6-8,10-11,13,18-20,22,29H,9,12,14-17,21H2,1-5H3,(H,35,36). The van der Waals surface area contributed by atoms with Crippen molar-refractivity contribution in [3.8, 4) is 22.7 Å². The Balaban J connectivity index is 1.35. The van der Waals surface area contributed by atoms with E-state index in [-0.39, 0.29) is 4.90 Å². The predicted octanol–water partition coefficient (Wildman–Crippen LogP) is 5.38. The first-order valence-corrected chi connectivity index (χ1v) is 16.5. The van der Waals surface area contributed by atoms with Crippen LogP contribution in [-0.4, -0.2) is 74.1 Å². The summed E-state index contributed by atoms with van der Waals surface area (Å²) >= 11 is 0. The number of benzene rings is 2. The van der Waals surface area contributed by atoms with Crippen LogP contribution in [0.25, 0.3) is 16.9 Å². The number of hydrogen-bond acceptors (Lipinski definition) is 6. The minimum Gasteiger partial charge on any atom is -0.496 e. The summed E-state index contributed by atoms with van der Waals surface area (Å²) in [6.07, 6.45) is 3.11. The molecule has 1 unspecified atom stereocenters. The summed E-state index contributed by atoms with van der Waals surface area (Å²) in [5.74, 6) is 1.19. The van der Waals surface area contributed by atoms with Gasteiger partial charge in [0.1, 0.15) is 11.6 Å². The number of methoxy groups -OCH3 is 1. The van der Waals surface area contributed by atoms with E-state index in [1.165, 1.54) is 11.3 Å². The molecule has 2 aromatic heterocycles. The van der Waals surface area contributed by atoms with Crippen molar-refractivity contribution in [2.45, 2.75) is 51.0 Å². The lowest BCUT2D eigenvalue weighted by molar-refractivity contribution is 0.103. The van der Waals surface area contributed by atoms with Crippen molar-refractivity contribution >= 4 is 15.8 Å². The predicted molar refractivity (Wildman–Crippen MR) is 172 cm³/mol. The van der Waals surface area contributed by atoms with Crippen LogP contribution in [0, 0.1) is 20.8 Å². The highest BCUT2D eigenvalue weighted by molar-refractivity contribution is 7.92. The van der Waals surface area contributed by atoms with Gasteiger partial charge in [-0.15, -0.1) is 0 Å². The molecule has 1 aliphatic heterocycles. The fourth-order valence-corrected chi connectivity index (χ4v) is 7.61. The van der Waals surface area contributed by atoms with Gasteiger partial charge in [-0.3, -0.25) is 9.62 Å². The quantitative estimate of drug-likeness (QED) is 0.307. The summed E-state index contributed by atoms with van der Waals surface area (Å²) in [4.78, 5) is 9.62. The third-order valence-corrected chi connectivity index (χ3v) is 10.2. The molecule has 0 amide bonds. The van der Waals surface area contributed by atoms with Gasteiger partial charge in [0.25, 0.3) is 10.0 Å². The average Bonchev–Trinajstić information content (AvgIpc) is 3.35. The molecule has 3 heterocycles. The monoisotopic (exact) mass is 599 g/mol. The van der Waals surface area contributed by atoms with E-state index in [1.807, 2.05) is 38.1 Å². The molecule has 0 bridgehead atoms. The summed E-state index contributed by atoms with van der Waals surface area (Å²) in [6, 6.07) is 20.0. The first-order valence-electron chi connectivity index (χ1n) is 15.0. The van der Waals surface area contributed by atoms with Gasteiger partial charge in [-0.2, -0.15) is 0 Å². The smallest absolute Gasteiger partial charge is 0.263 e. The Kier molecular flexibility index (Phi) is 8.06. The summed E-state index contributed by atoms with van der Waals surface area (Å²) < 4.78 is 37.1. The minimum atomic E-state index is -3.79. The van der Waals surface area contributed by atoms with Gasteiger partial charge in [-0.1, -0.05) is 0 Å². The van der Waals surface area contributed by atoms with E-state index < -0.39 is 10.0 Å². The Hall–Kier alpha value is -3.66. The van der Waals surface area contributed by atoms with Crippen LogP contribution >= 0.6 is 0 Å². The zero-order valence-electron chi connectivity index (χ0n) is 25.7. The molecule has 0 spiro atoms. The highest BCUT2D eigenvalue weighted by Gasteiger charge is 2.30. The van der Waals surface area contributed by atoms with Crippen LogP contribution in [-0.2, 0) is 22.9 Å². The fourth-order valence-electron chi connectivity index (χ4n) is 6.62. The van der Waals surface area contributed by atoms with E-state index in [2.05, 4.69) is 56.2 Å². The highest BCUT2D eigenvalue weighted by atomic mass is 32.2. The van der Waals surface area contributed by atoms with Crippen LogP contribution in [0.1, 0.15) is 34.5 Å². The third-order valence-electron chi connectivity index (χ3n) is 8.85. The number of pyridine rings is 1. The van der Waals surface area contributed by atoms with E-state index >= 15 is 0 Å². The van der Waals surface area contributed by atoms with Gasteiger partial charge in [0.05, 0.1) is 17.7 Å². The van der Waals surface area contributed by atoms with Crippen molar-refractivity contribution < 1.29 is 13.2 Å². The van der Waals surface area contributed by atoms with Gasteiger partial charge in [0.2, 0.25) is 0 Å². The van der Waals surface area contributed by atoms with Crippen LogP contribution in [0.2, 0.25) is 0 Å². The Morgan fingerprint density at radius 3 is 2.35 bits per heavy atom. The first-order chi connectivity index (χ1) is 20.6. The zero-order chi connectivity index (χ0) is 30.3. The molecule has 43 heavy (non-hydrogen) atoms. The number of fused-ring (bicyclic) bond motifs is 1. The number of anilines is 1. The zero-order valence-corrected chi connectivity index (χ0v) is 26.5. The van der Waals surface area contributed by atoms with Crippen molar-refractivity contribution in [3.05, 3.63) is 88.7 Å². The molecule has 8 nitrogen and oxygen atoms in total. The van der Waals surface area contributed by atoms with Gasteiger partial charge in [0, 0.05) is 49.3 Å². The summed E-state index contributed by atoms with van der Waals surface area (Å²) in [5.41, 5.74) is 8.65. The van der Waals surface area contributed by atoms with Crippen LogP contribution in [0.15, 0.2) is 65.6 Å². The molecule has 0 radical (unpaired) electrons. The molecule has 1 atom stereocenters. The largest absolute Gasteiger partial charge is 0.496 e. The number of sulfonamides is 1. The molecule has 9 heteroatoms. The van der Waals surface area contributed by atoms with Gasteiger partial charge in [0.15, 0.2) is 0 Å². The van der Waals surface area contributed by atoms with Gasteiger partial charge >= 0.3 is 0 Å². The molecule has 1 aliphatic carbocycles. The Morgan fingerprint density at radius 1 is 0.930 bits per heavy atom. The molecule has 226 valence electrons. The molecule has 1 saturated heterocycles. The first kappa shape index (κ1) is 29.4. The number of rotatable bonds is 7. The summed E-state index contributed by atoms with van der Waals surface area (Å²) in [6.45, 7) is 10.3. The second-order valence-electron chi connectivity index (χ2n) is 12.0. The second kappa shape index (κ2) is 11.8. The van der Waals surface area contributed by atoms with Crippen LogP contribution in [0.4, 0.5) is 5.82 Å². The Bertz CT molecular complexity index is 1720. The molecule has 1 fully saturated rings. The number of aryl methyl sites for hydroxylation is 3. The van der Waals surface area contributed by atoms with E-state index in [4.69, 9.17) is 4.74 Å². The number of ether oxygens (including phenoxy) is 1. The molecule has 2 aromatic carbocycles. The molecule has 6 rings (SSSR count). The maximum absolute atomic E-state index is 13.3. The maximum atomic E-state index is 13.3. The third kappa shape index (κ3) is 6.07. The Morgan fingerprint density at radius 2 is 1.67 bits per heavy atom. The number of likely N-dealkylation sites (N-methyl/N-ethyl adjacent to an activating group) is 1. The van der Waals surface area contributed by atoms with Gasteiger partial charge < -0.3 is 14.2 Å².